The average Bonchev–Trinajstić information content (AvgIpc) is 3.63. The molecule has 0 bridgehead atoms. The zero-order valence-electron chi connectivity index (χ0n) is 28.8. The highest BCUT2D eigenvalue weighted by Crippen LogP contribution is 2.39. The predicted octanol–water partition coefficient (Wildman–Crippen LogP) is 11.4. The normalized spacial score (nSPS) is 16.5. The van der Waals surface area contributed by atoms with E-state index in [0.717, 1.165) is 33.7 Å². The summed E-state index contributed by atoms with van der Waals surface area (Å²) in [6, 6.07) is 0. The van der Waals surface area contributed by atoms with Crippen LogP contribution >= 0.6 is 23.1 Å². The minimum absolute atomic E-state index is 0.0538. The lowest BCUT2D eigenvalue weighted by Gasteiger charge is -2.19. The quantitative estimate of drug-likeness (QED) is 0.0684. The molecule has 0 atom stereocenters. The number of hydrogen-bond donors (Lipinski definition) is 1. The van der Waals surface area contributed by atoms with Crippen molar-refractivity contribution >= 4 is 46.2 Å². The van der Waals surface area contributed by atoms with Crippen LogP contribution < -0.4 is 0 Å². The van der Waals surface area contributed by atoms with Crippen molar-refractivity contribution in [1.29, 1.82) is 0 Å². The van der Waals surface area contributed by atoms with Crippen LogP contribution in [0.25, 0.3) is 6.08 Å². The summed E-state index contributed by atoms with van der Waals surface area (Å²) in [6.45, 7) is 10.6. The molecule has 2 heterocycles. The number of Topliss-reactive ketones (excluding diaryl/α,β-unsaturated/α-hetero) is 1. The van der Waals surface area contributed by atoms with Gasteiger partial charge in [0.1, 0.15) is 35.1 Å². The lowest BCUT2D eigenvalue weighted by Crippen LogP contribution is -2.23. The molecule has 3 rings (SSSR count). The van der Waals surface area contributed by atoms with Gasteiger partial charge in [-0.05, 0) is 38.8 Å². The molecule has 0 aromatic carbocycles. The minimum atomic E-state index is -0.134. The van der Waals surface area contributed by atoms with Crippen LogP contribution in [0.15, 0.2) is 33.0 Å². The van der Waals surface area contributed by atoms with E-state index in [2.05, 4.69) is 28.4 Å². The van der Waals surface area contributed by atoms with Gasteiger partial charge in [-0.25, -0.2) is 14.6 Å². The second kappa shape index (κ2) is 21.7. The van der Waals surface area contributed by atoms with E-state index in [1.54, 1.807) is 29.2 Å². The minimum Gasteiger partial charge on any atom is -0.506 e. The number of aryl methyl sites for hydroxylation is 2. The molecule has 1 aromatic heterocycles. The number of aliphatic hydroxyl groups excluding tert-OH is 1. The molecule has 0 amide bonds. The number of allylic oxidation sites excluding steroid dienone is 3. The highest BCUT2D eigenvalue weighted by molar-refractivity contribution is 8.19. The Morgan fingerprint density at radius 3 is 1.67 bits per heavy atom. The lowest BCUT2D eigenvalue weighted by atomic mass is 9.88. The van der Waals surface area contributed by atoms with E-state index in [1.807, 2.05) is 26.1 Å². The monoisotopic (exact) mass is 654 g/mol. The van der Waals surface area contributed by atoms with E-state index in [4.69, 9.17) is 0 Å². The summed E-state index contributed by atoms with van der Waals surface area (Å²) >= 11 is 3.14. The number of rotatable bonds is 24. The number of aliphatic imine (C=N–C) groups is 1. The summed E-state index contributed by atoms with van der Waals surface area (Å²) in [5.74, 6) is -0.0799. The van der Waals surface area contributed by atoms with Crippen molar-refractivity contribution in [3.8, 4) is 0 Å². The SMILES string of the molecule is CCCCCCCCCCCC[N+](CCCCCCCCCCCC)=C1C=NC(=C2C(=O)C(/C=C/c3nc(C)c(C)s3)=C2O)S1. The molecule has 45 heavy (non-hydrogen) atoms. The van der Waals surface area contributed by atoms with E-state index < -0.39 is 0 Å². The van der Waals surface area contributed by atoms with Crippen LogP contribution in [0, 0.1) is 13.8 Å². The fraction of sp³-hybridized carbons (Fsp3) is 0.684. The zero-order valence-corrected chi connectivity index (χ0v) is 30.4. The first-order chi connectivity index (χ1) is 22.0. The Bertz CT molecular complexity index is 1180. The zero-order chi connectivity index (χ0) is 32.3. The molecule has 0 fully saturated rings. The number of unbranched alkanes of at least 4 members (excludes halogenated alkanes) is 18. The maximum Gasteiger partial charge on any atom is 0.259 e. The van der Waals surface area contributed by atoms with Gasteiger partial charge in [0.2, 0.25) is 5.78 Å². The molecule has 5 nitrogen and oxygen atoms in total. The molecule has 0 saturated carbocycles. The Morgan fingerprint density at radius 1 is 0.733 bits per heavy atom. The third-order valence-corrected chi connectivity index (χ3v) is 11.1. The number of hydrogen-bond acceptors (Lipinski definition) is 6. The summed E-state index contributed by atoms with van der Waals surface area (Å²) < 4.78 is 2.48. The van der Waals surface area contributed by atoms with E-state index in [1.165, 1.54) is 128 Å². The van der Waals surface area contributed by atoms with Crippen molar-refractivity contribution in [1.82, 2.24) is 4.98 Å². The van der Waals surface area contributed by atoms with Gasteiger partial charge >= 0.3 is 0 Å². The molecule has 0 spiro atoms. The summed E-state index contributed by atoms with van der Waals surface area (Å²) in [6.07, 6.45) is 32.1. The third-order valence-electron chi connectivity index (χ3n) is 8.98. The van der Waals surface area contributed by atoms with Gasteiger partial charge in [0.05, 0.1) is 16.8 Å². The van der Waals surface area contributed by atoms with Gasteiger partial charge < -0.3 is 5.11 Å². The standard InChI is InChI=1S/C38H59N3O2S2/c1-5-7-9-11-13-15-17-19-21-23-27-41(28-24-22-20-18-16-14-12-10-8-6-2)34-29-39-38(45-34)35-36(42)32(37(35)43)25-26-33-40-30(3)31(4)44-33/h25-26,29H,5-24,27-28H2,1-4H3/p+1. The van der Waals surface area contributed by atoms with Gasteiger partial charge in [0.25, 0.3) is 5.04 Å². The average molecular weight is 655 g/mol. The maximum absolute atomic E-state index is 13.0. The van der Waals surface area contributed by atoms with Gasteiger partial charge in [0, 0.05) is 29.5 Å². The summed E-state index contributed by atoms with van der Waals surface area (Å²) in [5.41, 5.74) is 1.70. The Hall–Kier alpha value is -1.99. The molecule has 250 valence electrons. The van der Waals surface area contributed by atoms with Crippen LogP contribution in [0.5, 0.6) is 0 Å². The molecule has 0 unspecified atom stereocenters. The number of aliphatic hydroxyl groups is 1. The molecule has 0 radical (unpaired) electrons. The molecular weight excluding hydrogens is 595 g/mol. The predicted molar refractivity (Wildman–Crippen MR) is 197 cm³/mol. The highest BCUT2D eigenvalue weighted by Gasteiger charge is 2.38. The first-order valence-electron chi connectivity index (χ1n) is 18.1. The maximum atomic E-state index is 13.0. The first-order valence-corrected chi connectivity index (χ1v) is 19.8. The highest BCUT2D eigenvalue weighted by atomic mass is 32.2. The number of nitrogens with zero attached hydrogens (tertiary/aromatic N) is 3. The van der Waals surface area contributed by atoms with E-state index in [-0.39, 0.29) is 11.5 Å². The second-order valence-corrected chi connectivity index (χ2v) is 15.1. The van der Waals surface area contributed by atoms with Gasteiger partial charge in [-0.15, -0.1) is 11.3 Å². The van der Waals surface area contributed by atoms with E-state index in [9.17, 15) is 9.90 Å². The molecule has 1 aromatic rings. The van der Waals surface area contributed by atoms with Crippen molar-refractivity contribution < 1.29 is 14.5 Å². The van der Waals surface area contributed by atoms with E-state index >= 15 is 0 Å². The number of ketones is 1. The van der Waals surface area contributed by atoms with Crippen molar-refractivity contribution in [2.24, 2.45) is 4.99 Å². The molecule has 7 heteroatoms. The lowest BCUT2D eigenvalue weighted by molar-refractivity contribution is -0.524. The molecule has 2 aliphatic rings. The molecule has 0 saturated heterocycles. The van der Waals surface area contributed by atoms with Crippen molar-refractivity contribution in [2.75, 3.05) is 13.1 Å². The van der Waals surface area contributed by atoms with Gasteiger partial charge in [-0.3, -0.25) is 4.79 Å². The Morgan fingerprint density at radius 2 is 1.22 bits per heavy atom. The van der Waals surface area contributed by atoms with Gasteiger partial charge in [-0.2, -0.15) is 0 Å². The summed E-state index contributed by atoms with van der Waals surface area (Å²) in [5, 5.41) is 13.4. The number of thioether (sulfide) groups is 1. The van der Waals surface area contributed by atoms with Gasteiger partial charge in [0.15, 0.2) is 0 Å². The van der Waals surface area contributed by atoms with Crippen molar-refractivity contribution in [3.05, 3.63) is 43.6 Å². The molecular formula is C38H60N3O2S2+. The summed E-state index contributed by atoms with van der Waals surface area (Å²) in [4.78, 5) is 23.3. The largest absolute Gasteiger partial charge is 0.506 e. The third kappa shape index (κ3) is 13.0. The number of carbonyl (C=O) groups excluding carboxylic acids is 1. The summed E-state index contributed by atoms with van der Waals surface area (Å²) in [7, 11) is 0. The molecule has 1 aliphatic heterocycles. The van der Waals surface area contributed by atoms with Crippen molar-refractivity contribution in [3.63, 3.8) is 0 Å². The van der Waals surface area contributed by atoms with Gasteiger partial charge in [-0.1, -0.05) is 117 Å². The number of aromatic nitrogens is 1. The Balaban J connectivity index is 1.53. The van der Waals surface area contributed by atoms with Crippen LogP contribution in [0.4, 0.5) is 0 Å². The Labute approximate surface area is 282 Å². The second-order valence-electron chi connectivity index (χ2n) is 12.8. The van der Waals surface area contributed by atoms with E-state index in [0.29, 0.717) is 16.2 Å². The van der Waals surface area contributed by atoms with Crippen LogP contribution in [-0.2, 0) is 4.79 Å². The number of thiazole rings is 1. The number of carbonyl (C=O) groups is 1. The first kappa shape index (κ1) is 37.5. The van der Waals surface area contributed by atoms with Crippen LogP contribution in [0.3, 0.4) is 0 Å². The smallest absolute Gasteiger partial charge is 0.259 e. The van der Waals surface area contributed by atoms with Crippen LogP contribution in [0.2, 0.25) is 0 Å². The van der Waals surface area contributed by atoms with Crippen LogP contribution in [0.1, 0.15) is 158 Å². The topological polar surface area (TPSA) is 65.6 Å². The molecule has 1 N–H and O–H groups in total. The Kier molecular flexibility index (Phi) is 18.1. The van der Waals surface area contributed by atoms with Crippen LogP contribution in [-0.4, -0.2) is 44.8 Å². The molecule has 1 aliphatic carbocycles. The fourth-order valence-corrected chi connectivity index (χ4v) is 7.78. The fourth-order valence-electron chi connectivity index (χ4n) is 5.94. The van der Waals surface area contributed by atoms with Crippen molar-refractivity contribution in [2.45, 2.75) is 156 Å².